The van der Waals surface area contributed by atoms with Crippen LogP contribution < -0.4 is 10.0 Å². The van der Waals surface area contributed by atoms with E-state index in [1.54, 1.807) is 6.07 Å². The molecule has 0 saturated carbocycles. The Kier molecular flexibility index (Phi) is 7.44. The van der Waals surface area contributed by atoms with Crippen LogP contribution >= 0.6 is 11.3 Å². The average molecular weight is 492 g/mol. The number of thiophene rings is 1. The Labute approximate surface area is 184 Å². The first-order valence-corrected chi connectivity index (χ1v) is 13.1. The molecule has 0 spiro atoms. The van der Waals surface area contributed by atoms with Crippen LogP contribution in [0.1, 0.15) is 11.8 Å². The zero-order valence-electron chi connectivity index (χ0n) is 16.6. The van der Waals surface area contributed by atoms with E-state index in [2.05, 4.69) is 10.0 Å². The standard InChI is InChI=1S/C18H22FN3O6S3/c1-13(21-30(24,25)16-5-3-2-4-15(16)19)18(23)20-12-14-6-7-17(29-14)31(26,27)22-8-10-28-11-9-22/h2-7,13,21H,8-12H2,1H3,(H,20,23)/t13-/m0/s1. The third kappa shape index (κ3) is 5.67. The summed E-state index contributed by atoms with van der Waals surface area (Å²) in [5, 5.41) is 2.55. The van der Waals surface area contributed by atoms with Gasteiger partial charge in [-0.25, -0.2) is 21.2 Å². The van der Waals surface area contributed by atoms with Crippen molar-refractivity contribution in [3.8, 4) is 0 Å². The van der Waals surface area contributed by atoms with Crippen LogP contribution in [-0.4, -0.2) is 59.4 Å². The number of morpholine rings is 1. The normalized spacial score (nSPS) is 16.7. The van der Waals surface area contributed by atoms with Crippen molar-refractivity contribution in [3.05, 3.63) is 47.1 Å². The van der Waals surface area contributed by atoms with Crippen molar-refractivity contribution in [2.24, 2.45) is 0 Å². The van der Waals surface area contributed by atoms with Crippen molar-refractivity contribution >= 4 is 37.3 Å². The number of benzene rings is 1. The molecule has 0 radical (unpaired) electrons. The Morgan fingerprint density at radius 3 is 2.52 bits per heavy atom. The van der Waals surface area contributed by atoms with Crippen molar-refractivity contribution in [1.82, 2.24) is 14.3 Å². The fraction of sp³-hybridized carbons (Fsp3) is 0.389. The highest BCUT2D eigenvalue weighted by Crippen LogP contribution is 2.25. The first-order chi connectivity index (χ1) is 14.6. The molecule has 1 atom stereocenters. The number of rotatable bonds is 8. The van der Waals surface area contributed by atoms with Crippen LogP contribution in [0.4, 0.5) is 4.39 Å². The number of carbonyl (C=O) groups excluding carboxylic acids is 1. The van der Waals surface area contributed by atoms with E-state index in [-0.39, 0.29) is 23.8 Å². The highest BCUT2D eigenvalue weighted by Gasteiger charge is 2.28. The van der Waals surface area contributed by atoms with Gasteiger partial charge in [-0.1, -0.05) is 12.1 Å². The molecular weight excluding hydrogens is 469 g/mol. The number of ether oxygens (including phenoxy) is 1. The topological polar surface area (TPSA) is 122 Å². The van der Waals surface area contributed by atoms with Crippen molar-refractivity contribution in [1.29, 1.82) is 0 Å². The molecule has 3 rings (SSSR count). The Hall–Kier alpha value is -1.90. The number of halogens is 1. The first kappa shape index (κ1) is 23.8. The molecule has 1 aromatic heterocycles. The summed E-state index contributed by atoms with van der Waals surface area (Å²) in [6.45, 7) is 2.60. The van der Waals surface area contributed by atoms with Crippen LogP contribution in [0, 0.1) is 5.82 Å². The van der Waals surface area contributed by atoms with E-state index in [9.17, 15) is 26.0 Å². The molecule has 1 aromatic carbocycles. The molecule has 2 heterocycles. The molecule has 0 bridgehead atoms. The SMILES string of the molecule is C[C@H](NS(=O)(=O)c1ccccc1F)C(=O)NCc1ccc(S(=O)(=O)N2CCOCC2)s1. The van der Waals surface area contributed by atoms with Crippen molar-refractivity contribution < 1.29 is 30.8 Å². The predicted molar refractivity (Wildman–Crippen MR) is 112 cm³/mol. The van der Waals surface area contributed by atoms with Gasteiger partial charge in [0, 0.05) is 18.0 Å². The average Bonchev–Trinajstić information content (AvgIpc) is 3.22. The number of nitrogens with zero attached hydrogens (tertiary/aromatic N) is 1. The quantitative estimate of drug-likeness (QED) is 0.566. The highest BCUT2D eigenvalue weighted by atomic mass is 32.2. The Morgan fingerprint density at radius 1 is 1.16 bits per heavy atom. The van der Waals surface area contributed by atoms with E-state index in [1.807, 2.05) is 0 Å². The molecular formula is C18H22FN3O6S3. The Balaban J connectivity index is 1.59. The molecule has 2 N–H and O–H groups in total. The predicted octanol–water partition coefficient (Wildman–Crippen LogP) is 0.891. The lowest BCUT2D eigenvalue weighted by Gasteiger charge is -2.25. The number of carbonyl (C=O) groups is 1. The third-order valence-electron chi connectivity index (χ3n) is 4.49. The van der Waals surface area contributed by atoms with Gasteiger partial charge in [0.2, 0.25) is 15.9 Å². The second-order valence-corrected chi connectivity index (χ2v) is 11.7. The minimum atomic E-state index is -4.22. The number of sulfonamides is 2. The molecule has 31 heavy (non-hydrogen) atoms. The zero-order valence-corrected chi connectivity index (χ0v) is 19.0. The molecule has 9 nitrogen and oxygen atoms in total. The fourth-order valence-electron chi connectivity index (χ4n) is 2.85. The van der Waals surface area contributed by atoms with E-state index >= 15 is 0 Å². The van der Waals surface area contributed by atoms with Gasteiger partial charge in [-0.15, -0.1) is 11.3 Å². The summed E-state index contributed by atoms with van der Waals surface area (Å²) in [5.41, 5.74) is 0. The summed E-state index contributed by atoms with van der Waals surface area (Å²) < 4.78 is 72.5. The Bertz CT molecular complexity index is 1140. The molecule has 1 fully saturated rings. The fourth-order valence-corrected chi connectivity index (χ4v) is 6.99. The Morgan fingerprint density at radius 2 is 1.84 bits per heavy atom. The number of nitrogens with one attached hydrogen (secondary N) is 2. The van der Waals surface area contributed by atoms with Crippen molar-refractivity contribution in [3.63, 3.8) is 0 Å². The van der Waals surface area contributed by atoms with E-state index in [4.69, 9.17) is 4.74 Å². The second kappa shape index (κ2) is 9.71. The summed E-state index contributed by atoms with van der Waals surface area (Å²) >= 11 is 1.03. The maximum Gasteiger partial charge on any atom is 0.252 e. The van der Waals surface area contributed by atoms with Crippen molar-refractivity contribution in [2.45, 2.75) is 28.6 Å². The lowest BCUT2D eigenvalue weighted by Crippen LogP contribution is -2.44. The van der Waals surface area contributed by atoms with E-state index < -0.39 is 42.7 Å². The van der Waals surface area contributed by atoms with Gasteiger partial charge in [-0.3, -0.25) is 4.79 Å². The van der Waals surface area contributed by atoms with Gasteiger partial charge >= 0.3 is 0 Å². The summed E-state index contributed by atoms with van der Waals surface area (Å²) in [7, 11) is -7.85. The number of amides is 1. The molecule has 1 amide bonds. The minimum Gasteiger partial charge on any atom is -0.379 e. The second-order valence-electron chi connectivity index (χ2n) is 6.73. The smallest absolute Gasteiger partial charge is 0.252 e. The van der Waals surface area contributed by atoms with Crippen LogP contribution in [0.3, 0.4) is 0 Å². The van der Waals surface area contributed by atoms with Gasteiger partial charge in [-0.2, -0.15) is 9.03 Å². The van der Waals surface area contributed by atoms with Crippen LogP contribution in [-0.2, 0) is 36.1 Å². The van der Waals surface area contributed by atoms with Gasteiger partial charge in [-0.05, 0) is 31.2 Å². The van der Waals surface area contributed by atoms with Gasteiger partial charge in [0.1, 0.15) is 14.9 Å². The monoisotopic (exact) mass is 491 g/mol. The van der Waals surface area contributed by atoms with Gasteiger partial charge in [0.05, 0.1) is 25.8 Å². The molecule has 0 aliphatic carbocycles. The number of hydrogen-bond donors (Lipinski definition) is 2. The maximum absolute atomic E-state index is 13.8. The molecule has 0 unspecified atom stereocenters. The van der Waals surface area contributed by atoms with E-state index in [0.29, 0.717) is 18.1 Å². The van der Waals surface area contributed by atoms with Crippen LogP contribution in [0.15, 0.2) is 45.5 Å². The molecule has 170 valence electrons. The summed E-state index contributed by atoms with van der Waals surface area (Å²) in [6.07, 6.45) is 0. The van der Waals surface area contributed by atoms with Gasteiger partial charge in [0.25, 0.3) is 10.0 Å². The highest BCUT2D eigenvalue weighted by molar-refractivity contribution is 7.91. The molecule has 1 aliphatic heterocycles. The minimum absolute atomic E-state index is 0.0217. The van der Waals surface area contributed by atoms with E-state index in [0.717, 1.165) is 23.5 Å². The van der Waals surface area contributed by atoms with Gasteiger partial charge < -0.3 is 10.1 Å². The first-order valence-electron chi connectivity index (χ1n) is 9.32. The van der Waals surface area contributed by atoms with Gasteiger partial charge in [0.15, 0.2) is 0 Å². The maximum atomic E-state index is 13.8. The third-order valence-corrected chi connectivity index (χ3v) is 9.51. The lowest BCUT2D eigenvalue weighted by molar-refractivity contribution is -0.122. The summed E-state index contributed by atoms with van der Waals surface area (Å²) in [4.78, 5) is 12.3. The van der Waals surface area contributed by atoms with Crippen LogP contribution in [0.25, 0.3) is 0 Å². The van der Waals surface area contributed by atoms with Crippen LogP contribution in [0.2, 0.25) is 0 Å². The largest absolute Gasteiger partial charge is 0.379 e. The van der Waals surface area contributed by atoms with Crippen molar-refractivity contribution in [2.75, 3.05) is 26.3 Å². The summed E-state index contributed by atoms with van der Waals surface area (Å²) in [5.74, 6) is -1.55. The van der Waals surface area contributed by atoms with E-state index in [1.165, 1.54) is 29.4 Å². The zero-order chi connectivity index (χ0) is 22.6. The summed E-state index contributed by atoms with van der Waals surface area (Å²) in [6, 6.07) is 6.75. The number of hydrogen-bond acceptors (Lipinski definition) is 7. The lowest BCUT2D eigenvalue weighted by atomic mass is 10.3. The molecule has 1 saturated heterocycles. The van der Waals surface area contributed by atoms with Crippen LogP contribution in [0.5, 0.6) is 0 Å². The molecule has 2 aromatic rings. The molecule has 1 aliphatic rings. The molecule has 13 heteroatoms.